The molecule has 5 nitrogen and oxygen atoms in total. The van der Waals surface area contributed by atoms with Gasteiger partial charge in [0.1, 0.15) is 11.9 Å². The Morgan fingerprint density at radius 3 is 2.25 bits per heavy atom. The van der Waals surface area contributed by atoms with E-state index in [2.05, 4.69) is 9.97 Å². The molecule has 0 saturated heterocycles. The monoisotopic (exact) mass is 342 g/mol. The lowest BCUT2D eigenvalue weighted by Crippen LogP contribution is -2.04. The van der Waals surface area contributed by atoms with Gasteiger partial charge in [-0.3, -0.25) is 0 Å². The summed E-state index contributed by atoms with van der Waals surface area (Å²) < 4.78 is 28.9. The van der Waals surface area contributed by atoms with Crippen molar-refractivity contribution in [3.8, 4) is 17.0 Å². The number of rotatable bonds is 5. The quantitative estimate of drug-likeness (QED) is 0.769. The minimum absolute atomic E-state index is 0.185. The summed E-state index contributed by atoms with van der Waals surface area (Å²) in [6.45, 7) is 1.93. The second kappa shape index (κ2) is 6.49. The summed E-state index contributed by atoms with van der Waals surface area (Å²) in [5.74, 6) is 0.744. The zero-order valence-corrected chi connectivity index (χ0v) is 14.2. The van der Waals surface area contributed by atoms with Gasteiger partial charge in [-0.25, -0.2) is 13.4 Å². The number of aromatic amines is 1. The molecule has 0 radical (unpaired) electrons. The second-order valence-corrected chi connectivity index (χ2v) is 7.60. The van der Waals surface area contributed by atoms with Crippen molar-refractivity contribution in [2.75, 3.05) is 6.26 Å². The van der Waals surface area contributed by atoms with E-state index in [9.17, 15) is 8.42 Å². The van der Waals surface area contributed by atoms with E-state index in [0.717, 1.165) is 22.6 Å². The van der Waals surface area contributed by atoms with E-state index in [1.165, 1.54) is 6.26 Å². The van der Waals surface area contributed by atoms with E-state index in [1.807, 2.05) is 37.4 Å². The number of H-pyrrole nitrogens is 1. The number of ether oxygens (including phenoxy) is 1. The molecule has 0 spiro atoms. The Labute approximate surface area is 141 Å². The van der Waals surface area contributed by atoms with E-state index in [1.54, 1.807) is 30.6 Å². The molecule has 0 amide bonds. The van der Waals surface area contributed by atoms with Crippen LogP contribution in [-0.4, -0.2) is 24.6 Å². The summed E-state index contributed by atoms with van der Waals surface area (Å²) in [5, 5.41) is 0. The lowest BCUT2D eigenvalue weighted by molar-refractivity contribution is 0.227. The molecule has 3 rings (SSSR count). The largest absolute Gasteiger partial charge is 0.486 e. The molecular weight excluding hydrogens is 324 g/mol. The zero-order valence-electron chi connectivity index (χ0n) is 13.4. The van der Waals surface area contributed by atoms with Gasteiger partial charge in [0.2, 0.25) is 0 Å². The predicted octanol–water partition coefficient (Wildman–Crippen LogP) is 3.62. The molecule has 0 bridgehead atoms. The minimum Gasteiger partial charge on any atom is -0.486 e. The van der Waals surface area contributed by atoms with Crippen LogP contribution in [0.15, 0.2) is 66.0 Å². The molecule has 0 unspecified atom stereocenters. The number of imidazole rings is 1. The van der Waals surface area contributed by atoms with Crippen molar-refractivity contribution < 1.29 is 13.2 Å². The van der Waals surface area contributed by atoms with Crippen LogP contribution in [0.3, 0.4) is 0 Å². The highest BCUT2D eigenvalue weighted by molar-refractivity contribution is 7.90. The number of hydrogen-bond donors (Lipinski definition) is 1. The van der Waals surface area contributed by atoms with Crippen LogP contribution in [0.4, 0.5) is 0 Å². The molecule has 24 heavy (non-hydrogen) atoms. The number of nitrogens with zero attached hydrogens (tertiary/aromatic N) is 1. The van der Waals surface area contributed by atoms with E-state index in [4.69, 9.17) is 4.74 Å². The van der Waals surface area contributed by atoms with Crippen LogP contribution >= 0.6 is 0 Å². The third kappa shape index (κ3) is 3.65. The molecule has 0 aliphatic rings. The Bertz CT molecular complexity index is 900. The summed E-state index contributed by atoms with van der Waals surface area (Å²) in [6.07, 6.45) is 4.49. The molecule has 1 heterocycles. The van der Waals surface area contributed by atoms with Crippen LogP contribution in [0.25, 0.3) is 11.3 Å². The average molecular weight is 342 g/mol. The Balaban J connectivity index is 1.71. The van der Waals surface area contributed by atoms with Gasteiger partial charge in [0.25, 0.3) is 0 Å². The molecule has 6 heteroatoms. The van der Waals surface area contributed by atoms with E-state index in [0.29, 0.717) is 4.90 Å². The van der Waals surface area contributed by atoms with E-state index in [-0.39, 0.29) is 6.10 Å². The summed E-state index contributed by atoms with van der Waals surface area (Å²) in [6, 6.07) is 14.4. The Morgan fingerprint density at radius 2 is 1.71 bits per heavy atom. The SMILES string of the molecule is C[C@@H](Oc1ccc(-c2c[nH]cn2)cc1)c1ccc(S(C)(=O)=O)cc1. The second-order valence-electron chi connectivity index (χ2n) is 5.58. The maximum atomic E-state index is 11.5. The van der Waals surface area contributed by atoms with Crippen LogP contribution in [0.5, 0.6) is 5.75 Å². The Hall–Kier alpha value is -2.60. The first-order valence-corrected chi connectivity index (χ1v) is 9.38. The topological polar surface area (TPSA) is 72.0 Å². The molecule has 0 saturated carbocycles. The van der Waals surface area contributed by atoms with Gasteiger partial charge in [0.05, 0.1) is 16.9 Å². The van der Waals surface area contributed by atoms with Gasteiger partial charge in [-0.1, -0.05) is 12.1 Å². The lowest BCUT2D eigenvalue weighted by atomic mass is 10.1. The van der Waals surface area contributed by atoms with Gasteiger partial charge >= 0.3 is 0 Å². The van der Waals surface area contributed by atoms with Crippen molar-refractivity contribution in [2.24, 2.45) is 0 Å². The van der Waals surface area contributed by atoms with Gasteiger partial charge in [-0.2, -0.15) is 0 Å². The van der Waals surface area contributed by atoms with Crippen molar-refractivity contribution in [2.45, 2.75) is 17.9 Å². The highest BCUT2D eigenvalue weighted by Crippen LogP contribution is 2.25. The van der Waals surface area contributed by atoms with Crippen LogP contribution in [0.2, 0.25) is 0 Å². The molecule has 2 aromatic carbocycles. The summed E-state index contributed by atoms with van der Waals surface area (Å²) in [7, 11) is -3.18. The number of hydrogen-bond acceptors (Lipinski definition) is 4. The first kappa shape index (κ1) is 16.3. The minimum atomic E-state index is -3.18. The molecule has 0 fully saturated rings. The van der Waals surface area contributed by atoms with Crippen LogP contribution in [0, 0.1) is 0 Å². The van der Waals surface area contributed by atoms with E-state index >= 15 is 0 Å². The van der Waals surface area contributed by atoms with Gasteiger partial charge in [0.15, 0.2) is 9.84 Å². The number of aromatic nitrogens is 2. The molecule has 0 aliphatic carbocycles. The standard InChI is InChI=1S/C18H18N2O3S/c1-13(14-5-9-17(10-6-14)24(2,21)22)23-16-7-3-15(4-8-16)18-11-19-12-20-18/h3-13H,1-2H3,(H,19,20)/t13-/m1/s1. The normalized spacial score (nSPS) is 12.8. The van der Waals surface area contributed by atoms with Crippen molar-refractivity contribution in [3.05, 3.63) is 66.6 Å². The highest BCUT2D eigenvalue weighted by atomic mass is 32.2. The third-order valence-electron chi connectivity index (χ3n) is 3.74. The first-order valence-electron chi connectivity index (χ1n) is 7.49. The van der Waals surface area contributed by atoms with Crippen LogP contribution < -0.4 is 4.74 Å². The molecule has 1 atom stereocenters. The number of nitrogens with one attached hydrogen (secondary N) is 1. The summed E-state index contributed by atoms with van der Waals surface area (Å²) >= 11 is 0. The maximum absolute atomic E-state index is 11.5. The lowest BCUT2D eigenvalue weighted by Gasteiger charge is -2.15. The molecule has 3 aromatic rings. The molecule has 0 aliphatic heterocycles. The highest BCUT2D eigenvalue weighted by Gasteiger charge is 2.11. The average Bonchev–Trinajstić information content (AvgIpc) is 3.09. The van der Waals surface area contributed by atoms with Crippen molar-refractivity contribution >= 4 is 9.84 Å². The molecular formula is C18H18N2O3S. The summed E-state index contributed by atoms with van der Waals surface area (Å²) in [5.41, 5.74) is 2.80. The van der Waals surface area contributed by atoms with E-state index < -0.39 is 9.84 Å². The van der Waals surface area contributed by atoms with Crippen molar-refractivity contribution in [1.82, 2.24) is 9.97 Å². The predicted molar refractivity (Wildman–Crippen MR) is 92.6 cm³/mol. The van der Waals surface area contributed by atoms with Crippen LogP contribution in [0.1, 0.15) is 18.6 Å². The fraction of sp³-hybridized carbons (Fsp3) is 0.167. The fourth-order valence-electron chi connectivity index (χ4n) is 2.38. The Kier molecular flexibility index (Phi) is 4.40. The molecule has 1 N–H and O–H groups in total. The summed E-state index contributed by atoms with van der Waals surface area (Å²) in [4.78, 5) is 7.44. The smallest absolute Gasteiger partial charge is 0.175 e. The first-order chi connectivity index (χ1) is 11.4. The molecule has 1 aromatic heterocycles. The number of benzene rings is 2. The van der Waals surface area contributed by atoms with Gasteiger partial charge in [-0.05, 0) is 48.9 Å². The van der Waals surface area contributed by atoms with Gasteiger partial charge in [-0.15, -0.1) is 0 Å². The third-order valence-corrected chi connectivity index (χ3v) is 4.87. The van der Waals surface area contributed by atoms with Crippen molar-refractivity contribution in [3.63, 3.8) is 0 Å². The van der Waals surface area contributed by atoms with Gasteiger partial charge in [0, 0.05) is 18.0 Å². The van der Waals surface area contributed by atoms with Crippen molar-refractivity contribution in [1.29, 1.82) is 0 Å². The fourth-order valence-corrected chi connectivity index (χ4v) is 3.01. The molecule has 124 valence electrons. The number of sulfone groups is 1. The zero-order chi connectivity index (χ0) is 17.2. The Morgan fingerprint density at radius 1 is 1.04 bits per heavy atom. The van der Waals surface area contributed by atoms with Gasteiger partial charge < -0.3 is 9.72 Å². The van der Waals surface area contributed by atoms with Crippen LogP contribution in [-0.2, 0) is 9.84 Å². The maximum Gasteiger partial charge on any atom is 0.175 e.